The Labute approximate surface area is 417 Å². The monoisotopic (exact) mass is 998 g/mol. The summed E-state index contributed by atoms with van der Waals surface area (Å²) in [5, 5.41) is 37.6. The first-order valence-electron chi connectivity index (χ1n) is 22.9. The summed E-state index contributed by atoms with van der Waals surface area (Å²) < 4.78 is 28.6. The van der Waals surface area contributed by atoms with Crippen molar-refractivity contribution in [3.8, 4) is 11.5 Å². The summed E-state index contributed by atoms with van der Waals surface area (Å²) >= 11 is 0. The number of ether oxygens (including phenoxy) is 3. The number of amides is 2. The van der Waals surface area contributed by atoms with Gasteiger partial charge in [-0.15, -0.1) is 10.2 Å². The third-order valence-corrected chi connectivity index (χ3v) is 11.6. The molecule has 73 heavy (non-hydrogen) atoms. The lowest BCUT2D eigenvalue weighted by Crippen LogP contribution is -2.27. The van der Waals surface area contributed by atoms with Crippen molar-refractivity contribution >= 4 is 69.4 Å². The molecule has 0 bridgehead atoms. The maximum absolute atomic E-state index is 12.9. The number of aromatic carboxylic acids is 1. The fourth-order valence-corrected chi connectivity index (χ4v) is 7.56. The number of fused-ring (bicyclic) bond motifs is 2. The Kier molecular flexibility index (Phi) is 15.4. The number of aliphatic hydroxyl groups excluding tert-OH is 1. The van der Waals surface area contributed by atoms with Crippen LogP contribution in [0.1, 0.15) is 78.9 Å². The number of aromatic nitrogens is 6. The molecular formula is C50H54N12O11. The van der Waals surface area contributed by atoms with E-state index in [1.54, 1.807) is 26.4 Å². The molecule has 2 aliphatic rings. The van der Waals surface area contributed by atoms with Gasteiger partial charge >= 0.3 is 11.9 Å². The molecule has 23 heteroatoms. The van der Waals surface area contributed by atoms with Crippen LogP contribution in [0.25, 0.3) is 11.3 Å². The summed E-state index contributed by atoms with van der Waals surface area (Å²) in [4.78, 5) is 62.2. The van der Waals surface area contributed by atoms with Crippen molar-refractivity contribution in [2.75, 3.05) is 63.0 Å². The Morgan fingerprint density at radius 3 is 1.44 bits per heavy atom. The number of nitrogens with zero attached hydrogens (tertiary/aromatic N) is 8. The summed E-state index contributed by atoms with van der Waals surface area (Å²) in [6, 6.07) is 22.5. The number of imidazole rings is 2. The average Bonchev–Trinajstić information content (AvgIpc) is 4.13. The van der Waals surface area contributed by atoms with Gasteiger partial charge < -0.3 is 64.3 Å². The van der Waals surface area contributed by atoms with Crippen molar-refractivity contribution in [3.63, 3.8) is 0 Å². The van der Waals surface area contributed by atoms with Crippen molar-refractivity contribution in [2.24, 2.45) is 0 Å². The molecule has 2 aliphatic carbocycles. The molecule has 6 heterocycles. The van der Waals surface area contributed by atoms with Crippen LogP contribution < -0.4 is 40.5 Å². The molecule has 2 saturated carbocycles. The second kappa shape index (κ2) is 22.3. The fraction of sp³-hybridized carbons (Fsp3) is 0.280. The third kappa shape index (κ3) is 11.7. The number of esters is 1. The van der Waals surface area contributed by atoms with Gasteiger partial charge in [0, 0.05) is 70.6 Å². The van der Waals surface area contributed by atoms with Crippen molar-refractivity contribution in [1.82, 2.24) is 39.8 Å². The van der Waals surface area contributed by atoms with Gasteiger partial charge in [-0.25, -0.2) is 28.6 Å². The van der Waals surface area contributed by atoms with E-state index >= 15 is 0 Å². The van der Waals surface area contributed by atoms with Gasteiger partial charge in [-0.2, -0.15) is 0 Å². The number of furan rings is 2. The average molecular weight is 999 g/mol. The highest BCUT2D eigenvalue weighted by Crippen LogP contribution is 2.31. The summed E-state index contributed by atoms with van der Waals surface area (Å²) in [6.07, 6.45) is 9.53. The number of carboxylic acid groups (broad SMARTS) is 1. The molecule has 0 saturated heterocycles. The zero-order chi connectivity index (χ0) is 51.8. The van der Waals surface area contributed by atoms with Gasteiger partial charge in [-0.1, -0.05) is 24.3 Å². The Bertz CT molecular complexity index is 3230. The maximum Gasteiger partial charge on any atom is 0.376 e. The zero-order valence-corrected chi connectivity index (χ0v) is 40.8. The largest absolute Gasteiger partial charge is 0.497 e. The van der Waals surface area contributed by atoms with E-state index in [2.05, 4.69) is 41.4 Å². The van der Waals surface area contributed by atoms with Crippen LogP contribution in [0.15, 0.2) is 107 Å². The lowest BCUT2D eigenvalue weighted by Gasteiger charge is -2.21. The first-order valence-corrected chi connectivity index (χ1v) is 22.9. The van der Waals surface area contributed by atoms with Crippen molar-refractivity contribution in [3.05, 3.63) is 132 Å². The quantitative estimate of drug-likeness (QED) is 0.0515. The van der Waals surface area contributed by atoms with Gasteiger partial charge in [0.25, 0.3) is 11.8 Å². The molecule has 23 nitrogen and oxygen atoms in total. The number of rotatable bonds is 18. The van der Waals surface area contributed by atoms with Crippen LogP contribution >= 0.6 is 0 Å². The number of anilines is 6. The molecule has 10 rings (SSSR count). The van der Waals surface area contributed by atoms with Crippen molar-refractivity contribution in [2.45, 2.75) is 50.9 Å². The summed E-state index contributed by atoms with van der Waals surface area (Å²) in [7, 11) is 9.36. The Morgan fingerprint density at radius 1 is 0.644 bits per heavy atom. The smallest absolute Gasteiger partial charge is 0.376 e. The standard InChI is InChI=1S/C25H26N6O5.C24H24N6O5.CH4O/c1-30(14-15-4-8-17(34-2)9-5-15)19-12-21(28-18-10-11-36-22(18)25(33)35-3)29-31-20(13-26-23(19)31)24(32)27-16-6-7-16;1-29(13-14-3-7-16(34-2)8-4-14)18-11-20(27-17-9-10-35-21(17)24(32)33)28-30-19(12-25-22(18)30)23(31)26-15-5-6-15;1-2/h4-5,8-13,16H,6-7,14H2,1-3H3,(H,27,32)(H,28,29);3-4,7-12,15H,5-6,13H2,1-2H3,(H,26,31)(H,27,28)(H,32,33);2H,1H3. The number of aliphatic hydroxyl groups is 1. The molecule has 380 valence electrons. The van der Waals surface area contributed by atoms with Crippen LogP contribution in [-0.2, 0) is 17.8 Å². The number of carboxylic acids is 1. The van der Waals surface area contributed by atoms with E-state index in [0.29, 0.717) is 58.8 Å². The molecule has 6 N–H and O–H groups in total. The van der Waals surface area contributed by atoms with Gasteiger partial charge in [-0.3, -0.25) is 9.59 Å². The number of nitrogens with one attached hydrogen (secondary N) is 4. The Balaban J connectivity index is 0.000000189. The van der Waals surface area contributed by atoms with Gasteiger partial charge in [-0.05, 0) is 61.1 Å². The van der Waals surface area contributed by atoms with Crippen molar-refractivity contribution in [1.29, 1.82) is 0 Å². The number of hydrogen-bond donors (Lipinski definition) is 6. The first kappa shape index (κ1) is 50.3. The van der Waals surface area contributed by atoms with Gasteiger partial charge in [0.2, 0.25) is 11.5 Å². The molecule has 2 fully saturated rings. The zero-order valence-electron chi connectivity index (χ0n) is 40.8. The summed E-state index contributed by atoms with van der Waals surface area (Å²) in [5.41, 5.74) is 5.80. The molecule has 8 aromatic rings. The minimum Gasteiger partial charge on any atom is -0.497 e. The highest BCUT2D eigenvalue weighted by atomic mass is 16.5. The van der Waals surface area contributed by atoms with Crippen LogP contribution in [0.4, 0.5) is 34.4 Å². The Morgan fingerprint density at radius 2 is 1.05 bits per heavy atom. The van der Waals surface area contributed by atoms with Crippen LogP contribution in [0, 0.1) is 0 Å². The van der Waals surface area contributed by atoms with E-state index < -0.39 is 11.9 Å². The molecule has 0 spiro atoms. The van der Waals surface area contributed by atoms with Gasteiger partial charge in [0.15, 0.2) is 34.3 Å². The third-order valence-electron chi connectivity index (χ3n) is 11.6. The fourth-order valence-electron chi connectivity index (χ4n) is 7.56. The highest BCUT2D eigenvalue weighted by molar-refractivity contribution is 5.96. The number of carbonyl (C=O) groups is 4. The van der Waals surface area contributed by atoms with E-state index in [0.717, 1.165) is 61.1 Å². The predicted molar refractivity (Wildman–Crippen MR) is 268 cm³/mol. The second-order valence-corrected chi connectivity index (χ2v) is 16.9. The van der Waals surface area contributed by atoms with Crippen molar-refractivity contribution < 1.29 is 52.4 Å². The van der Waals surface area contributed by atoms with E-state index in [1.165, 1.54) is 47.1 Å². The molecule has 0 radical (unpaired) electrons. The molecule has 0 unspecified atom stereocenters. The molecular weight excluding hydrogens is 945 g/mol. The molecule has 6 aromatic heterocycles. The molecule has 0 aliphatic heterocycles. The first-order chi connectivity index (χ1) is 35.4. The number of carbonyl (C=O) groups excluding carboxylic acids is 3. The van der Waals surface area contributed by atoms with Crippen LogP contribution in [0.3, 0.4) is 0 Å². The topological polar surface area (TPSA) is 278 Å². The van der Waals surface area contributed by atoms with Crippen LogP contribution in [-0.4, -0.2) is 118 Å². The number of methoxy groups -OCH3 is 3. The van der Waals surface area contributed by atoms with E-state index in [-0.39, 0.29) is 41.1 Å². The van der Waals surface area contributed by atoms with Crippen LogP contribution in [0.5, 0.6) is 11.5 Å². The number of hydrogen-bond acceptors (Lipinski definition) is 18. The predicted octanol–water partition coefficient (Wildman–Crippen LogP) is 6.30. The maximum atomic E-state index is 12.9. The highest BCUT2D eigenvalue weighted by Gasteiger charge is 2.29. The lowest BCUT2D eigenvalue weighted by atomic mass is 10.2. The van der Waals surface area contributed by atoms with E-state index in [4.69, 9.17) is 28.2 Å². The molecule has 2 aromatic carbocycles. The van der Waals surface area contributed by atoms with E-state index in [9.17, 15) is 24.3 Å². The van der Waals surface area contributed by atoms with Gasteiger partial charge in [0.05, 0.1) is 69.0 Å². The SMILES string of the molecule is CO.COC(=O)c1occc1Nc1cc(N(C)Cc2ccc(OC)cc2)c2ncc(C(=O)NC3CC3)n2n1.COc1ccc(CN(C)c2cc(Nc3ccoc3C(=O)O)nn3c(C(=O)NC4CC4)cnc23)cc1. The molecule has 0 atom stereocenters. The summed E-state index contributed by atoms with van der Waals surface area (Å²) in [5.74, 6) is -0.277. The minimum atomic E-state index is -1.21. The normalized spacial score (nSPS) is 12.6. The molecule has 2 amide bonds. The lowest BCUT2D eigenvalue weighted by molar-refractivity contribution is 0.0565. The van der Waals surface area contributed by atoms with Gasteiger partial charge in [0.1, 0.15) is 11.5 Å². The van der Waals surface area contributed by atoms with Crippen LogP contribution in [0.2, 0.25) is 0 Å². The minimum absolute atomic E-state index is 0.0184. The Hall–Kier alpha value is -9.12. The van der Waals surface area contributed by atoms with E-state index in [1.807, 2.05) is 78.5 Å². The second-order valence-electron chi connectivity index (χ2n) is 16.9. The summed E-state index contributed by atoms with van der Waals surface area (Å²) in [6.45, 7) is 1.12. The number of benzene rings is 2.